The molecular weight excluding hydrogens is 348 g/mol. The molecule has 0 heterocycles. The van der Waals surface area contributed by atoms with E-state index in [0.717, 1.165) is 10.8 Å². The molecule has 0 aliphatic heterocycles. The van der Waals surface area contributed by atoms with Crippen LogP contribution >= 0.6 is 0 Å². The Bertz CT molecular complexity index is 1040. The Morgan fingerprint density at radius 3 is 2.59 bits per heavy atom. The van der Waals surface area contributed by atoms with Crippen molar-refractivity contribution in [2.45, 2.75) is 6.92 Å². The monoisotopic (exact) mass is 364 g/mol. The van der Waals surface area contributed by atoms with Gasteiger partial charge in [0.15, 0.2) is 6.61 Å². The van der Waals surface area contributed by atoms with Crippen LogP contribution in [0.4, 0.5) is 11.4 Å². The number of nitro groups is 1. The number of anilines is 1. The fraction of sp³-hybridized carbons (Fsp3) is 0.100. The average Bonchev–Trinajstić information content (AvgIpc) is 2.67. The second-order valence-electron chi connectivity index (χ2n) is 5.91. The number of hydrogen-bond donors (Lipinski definition) is 1. The summed E-state index contributed by atoms with van der Waals surface area (Å²) in [5, 5.41) is 15.1. The van der Waals surface area contributed by atoms with Crippen molar-refractivity contribution in [2.24, 2.45) is 0 Å². The Hall–Kier alpha value is -3.74. The number of hydrogen-bond acceptors (Lipinski definition) is 5. The fourth-order valence-electron chi connectivity index (χ4n) is 2.69. The zero-order chi connectivity index (χ0) is 19.4. The molecule has 27 heavy (non-hydrogen) atoms. The van der Waals surface area contributed by atoms with E-state index in [9.17, 15) is 19.7 Å². The second-order valence-corrected chi connectivity index (χ2v) is 5.91. The second kappa shape index (κ2) is 7.65. The molecule has 3 aromatic rings. The average molecular weight is 364 g/mol. The Morgan fingerprint density at radius 2 is 1.81 bits per heavy atom. The molecule has 1 N–H and O–H groups in total. The molecule has 0 unspecified atom stereocenters. The summed E-state index contributed by atoms with van der Waals surface area (Å²) in [6.07, 6.45) is 0. The number of fused-ring (bicyclic) bond motifs is 1. The third kappa shape index (κ3) is 4.09. The summed E-state index contributed by atoms with van der Waals surface area (Å²) in [4.78, 5) is 34.8. The number of benzene rings is 3. The standard InChI is InChI=1S/C20H16N2O5/c1-13-9-10-15(11-18(13)22(25)26)21-19(23)12-27-20(24)17-8-4-6-14-5-2-3-7-16(14)17/h2-11H,12H2,1H3,(H,21,23). The number of esters is 1. The zero-order valence-electron chi connectivity index (χ0n) is 14.5. The van der Waals surface area contributed by atoms with Crippen molar-refractivity contribution in [2.75, 3.05) is 11.9 Å². The van der Waals surface area contributed by atoms with Gasteiger partial charge < -0.3 is 10.1 Å². The first-order chi connectivity index (χ1) is 13.0. The van der Waals surface area contributed by atoms with Crippen LogP contribution < -0.4 is 5.32 Å². The molecule has 0 aliphatic carbocycles. The van der Waals surface area contributed by atoms with Gasteiger partial charge in [0.05, 0.1) is 10.5 Å². The number of ether oxygens (including phenoxy) is 1. The maximum absolute atomic E-state index is 12.3. The van der Waals surface area contributed by atoms with Crippen molar-refractivity contribution in [3.05, 3.63) is 81.9 Å². The van der Waals surface area contributed by atoms with E-state index < -0.39 is 23.4 Å². The molecule has 7 heteroatoms. The van der Waals surface area contributed by atoms with Crippen LogP contribution in [-0.2, 0) is 9.53 Å². The van der Waals surface area contributed by atoms with E-state index in [0.29, 0.717) is 11.1 Å². The molecule has 0 aliphatic rings. The van der Waals surface area contributed by atoms with Crippen molar-refractivity contribution in [3.8, 4) is 0 Å². The predicted molar refractivity (Wildman–Crippen MR) is 101 cm³/mol. The van der Waals surface area contributed by atoms with Crippen LogP contribution in [0, 0.1) is 17.0 Å². The minimum absolute atomic E-state index is 0.0967. The molecule has 136 valence electrons. The minimum Gasteiger partial charge on any atom is -0.452 e. The highest BCUT2D eigenvalue weighted by molar-refractivity contribution is 6.05. The lowest BCUT2D eigenvalue weighted by Crippen LogP contribution is -2.21. The van der Waals surface area contributed by atoms with Gasteiger partial charge in [-0.05, 0) is 29.8 Å². The Morgan fingerprint density at radius 1 is 1.07 bits per heavy atom. The molecular formula is C20H16N2O5. The van der Waals surface area contributed by atoms with Crippen LogP contribution in [-0.4, -0.2) is 23.4 Å². The van der Waals surface area contributed by atoms with Crippen molar-refractivity contribution >= 4 is 34.0 Å². The maximum Gasteiger partial charge on any atom is 0.339 e. The Balaban J connectivity index is 1.66. The summed E-state index contributed by atoms with van der Waals surface area (Å²) in [6.45, 7) is 1.11. The molecule has 1 amide bonds. The summed E-state index contributed by atoms with van der Waals surface area (Å²) >= 11 is 0. The van der Waals surface area contributed by atoms with Gasteiger partial charge in [-0.3, -0.25) is 14.9 Å². The minimum atomic E-state index is -0.614. The first kappa shape index (κ1) is 18.1. The zero-order valence-corrected chi connectivity index (χ0v) is 14.5. The highest BCUT2D eigenvalue weighted by atomic mass is 16.6. The molecule has 7 nitrogen and oxygen atoms in total. The molecule has 0 saturated heterocycles. The van der Waals surface area contributed by atoms with Gasteiger partial charge in [-0.2, -0.15) is 0 Å². The largest absolute Gasteiger partial charge is 0.452 e. The lowest BCUT2D eigenvalue weighted by Gasteiger charge is -2.09. The summed E-state index contributed by atoms with van der Waals surface area (Å²) in [5.74, 6) is -1.20. The van der Waals surface area contributed by atoms with E-state index >= 15 is 0 Å². The molecule has 0 fully saturated rings. The lowest BCUT2D eigenvalue weighted by atomic mass is 10.1. The van der Waals surface area contributed by atoms with Gasteiger partial charge in [0.25, 0.3) is 11.6 Å². The molecule has 3 aromatic carbocycles. The maximum atomic E-state index is 12.3. The van der Waals surface area contributed by atoms with Gasteiger partial charge in [-0.15, -0.1) is 0 Å². The third-order valence-electron chi connectivity index (χ3n) is 4.03. The summed E-state index contributed by atoms with van der Waals surface area (Å²) in [5.41, 5.74) is 1.02. The van der Waals surface area contributed by atoms with E-state index in [2.05, 4.69) is 5.32 Å². The van der Waals surface area contributed by atoms with Crippen LogP contribution in [0.2, 0.25) is 0 Å². The van der Waals surface area contributed by atoms with Gasteiger partial charge in [-0.25, -0.2) is 4.79 Å². The number of carbonyl (C=O) groups is 2. The van der Waals surface area contributed by atoms with Gasteiger partial charge in [0, 0.05) is 17.3 Å². The number of carbonyl (C=O) groups excluding carboxylic acids is 2. The SMILES string of the molecule is Cc1ccc(NC(=O)COC(=O)c2cccc3ccccc23)cc1[N+](=O)[O-]. The smallest absolute Gasteiger partial charge is 0.339 e. The fourth-order valence-corrected chi connectivity index (χ4v) is 2.69. The van der Waals surface area contributed by atoms with Crippen LogP contribution in [0.15, 0.2) is 60.7 Å². The van der Waals surface area contributed by atoms with Gasteiger partial charge in [0.2, 0.25) is 0 Å². The Kier molecular flexibility index (Phi) is 5.12. The molecule has 0 aromatic heterocycles. The third-order valence-corrected chi connectivity index (χ3v) is 4.03. The van der Waals surface area contributed by atoms with Gasteiger partial charge in [0.1, 0.15) is 0 Å². The van der Waals surface area contributed by atoms with Crippen molar-refractivity contribution in [1.29, 1.82) is 0 Å². The van der Waals surface area contributed by atoms with Crippen molar-refractivity contribution < 1.29 is 19.2 Å². The van der Waals surface area contributed by atoms with Crippen LogP contribution in [0.1, 0.15) is 15.9 Å². The molecule has 0 saturated carbocycles. The quantitative estimate of drug-likeness (QED) is 0.421. The van der Waals surface area contributed by atoms with Gasteiger partial charge in [-0.1, -0.05) is 42.5 Å². The summed E-state index contributed by atoms with van der Waals surface area (Å²) in [6, 6.07) is 17.0. The predicted octanol–water partition coefficient (Wildman–Crippen LogP) is 3.85. The number of rotatable bonds is 5. The highest BCUT2D eigenvalue weighted by Gasteiger charge is 2.15. The number of nitro benzene ring substituents is 1. The van der Waals surface area contributed by atoms with E-state index in [1.807, 2.05) is 24.3 Å². The lowest BCUT2D eigenvalue weighted by molar-refractivity contribution is -0.385. The van der Waals surface area contributed by atoms with E-state index in [1.54, 1.807) is 31.2 Å². The van der Waals surface area contributed by atoms with Gasteiger partial charge >= 0.3 is 5.97 Å². The van der Waals surface area contributed by atoms with Crippen LogP contribution in [0.25, 0.3) is 10.8 Å². The normalized spacial score (nSPS) is 10.4. The number of amides is 1. The van der Waals surface area contributed by atoms with Crippen LogP contribution in [0.5, 0.6) is 0 Å². The Labute approximate surface area is 154 Å². The van der Waals surface area contributed by atoms with Crippen molar-refractivity contribution in [3.63, 3.8) is 0 Å². The number of nitrogens with zero attached hydrogens (tertiary/aromatic N) is 1. The summed E-state index contributed by atoms with van der Waals surface area (Å²) in [7, 11) is 0. The molecule has 0 spiro atoms. The van der Waals surface area contributed by atoms with E-state index in [4.69, 9.17) is 4.74 Å². The summed E-state index contributed by atoms with van der Waals surface area (Å²) < 4.78 is 5.09. The molecule has 0 atom stereocenters. The topological polar surface area (TPSA) is 98.5 Å². The van der Waals surface area contributed by atoms with Crippen LogP contribution in [0.3, 0.4) is 0 Å². The molecule has 0 radical (unpaired) electrons. The first-order valence-electron chi connectivity index (χ1n) is 8.15. The number of aryl methyl sites for hydroxylation is 1. The van der Waals surface area contributed by atoms with E-state index in [-0.39, 0.29) is 11.4 Å². The first-order valence-corrected chi connectivity index (χ1v) is 8.15. The number of nitrogens with one attached hydrogen (secondary N) is 1. The molecule has 3 rings (SSSR count). The highest BCUT2D eigenvalue weighted by Crippen LogP contribution is 2.22. The molecule has 0 bridgehead atoms. The van der Waals surface area contributed by atoms with Crippen molar-refractivity contribution in [1.82, 2.24) is 0 Å². The van der Waals surface area contributed by atoms with E-state index in [1.165, 1.54) is 12.1 Å².